The Balaban J connectivity index is 1.69. The van der Waals surface area contributed by atoms with Gasteiger partial charge in [0.15, 0.2) is 23.2 Å². The highest BCUT2D eigenvalue weighted by atomic mass is 19.1. The number of aryl methyl sites for hydroxylation is 1. The molecular formula is C21H17FN8O2. The van der Waals surface area contributed by atoms with E-state index in [1.807, 2.05) is 0 Å². The van der Waals surface area contributed by atoms with E-state index in [1.54, 1.807) is 19.1 Å². The number of ether oxygens (including phenoxy) is 1. The number of amides is 1. The van der Waals surface area contributed by atoms with Crippen LogP contribution in [-0.2, 0) is 4.79 Å². The van der Waals surface area contributed by atoms with Crippen LogP contribution in [-0.4, -0.2) is 35.4 Å². The number of nitrogens with zero attached hydrogens (tertiary/aromatic N) is 6. The molecule has 4 rings (SSSR count). The highest BCUT2D eigenvalue weighted by molar-refractivity contribution is 5.98. The summed E-state index contributed by atoms with van der Waals surface area (Å²) in [6, 6.07) is 6.05. The number of anilines is 2. The minimum atomic E-state index is -0.647. The number of benzene rings is 1. The maximum absolute atomic E-state index is 14.8. The summed E-state index contributed by atoms with van der Waals surface area (Å²) >= 11 is 0. The molecular weight excluding hydrogens is 415 g/mol. The van der Waals surface area contributed by atoms with Crippen molar-refractivity contribution in [3.63, 3.8) is 0 Å². The van der Waals surface area contributed by atoms with Crippen LogP contribution in [0.15, 0.2) is 62.0 Å². The lowest BCUT2D eigenvalue weighted by Crippen LogP contribution is -2.07. The van der Waals surface area contributed by atoms with Crippen molar-refractivity contribution in [1.82, 2.24) is 29.5 Å². The van der Waals surface area contributed by atoms with E-state index < -0.39 is 11.7 Å². The minimum absolute atomic E-state index is 0.0346. The van der Waals surface area contributed by atoms with Gasteiger partial charge in [0.05, 0.1) is 11.8 Å². The first-order chi connectivity index (χ1) is 15.4. The number of hydrogen-bond acceptors (Lipinski definition) is 8. The second kappa shape index (κ2) is 8.60. The van der Waals surface area contributed by atoms with Gasteiger partial charge in [0.2, 0.25) is 5.91 Å². The van der Waals surface area contributed by atoms with E-state index in [-0.39, 0.29) is 23.4 Å². The Hall–Kier alpha value is -4.67. The van der Waals surface area contributed by atoms with Gasteiger partial charge >= 0.3 is 6.01 Å². The third kappa shape index (κ3) is 4.26. The summed E-state index contributed by atoms with van der Waals surface area (Å²) < 4.78 is 21.8. The molecule has 4 aromatic rings. The molecule has 0 saturated carbocycles. The van der Waals surface area contributed by atoms with Crippen LogP contribution in [0, 0.1) is 12.7 Å². The minimum Gasteiger partial charge on any atom is -0.421 e. The van der Waals surface area contributed by atoms with E-state index in [9.17, 15) is 9.18 Å². The van der Waals surface area contributed by atoms with E-state index in [4.69, 9.17) is 10.5 Å². The Bertz CT molecular complexity index is 1320. The summed E-state index contributed by atoms with van der Waals surface area (Å²) in [5.74, 6) is -0.339. The summed E-state index contributed by atoms with van der Waals surface area (Å²) in [5.41, 5.74) is 7.57. The van der Waals surface area contributed by atoms with Gasteiger partial charge in [-0.3, -0.25) is 9.36 Å². The molecule has 32 heavy (non-hydrogen) atoms. The number of carbonyl (C=O) groups excluding carboxylic acids is 1. The largest absolute Gasteiger partial charge is 0.421 e. The number of halogens is 1. The first-order valence-electron chi connectivity index (χ1n) is 9.30. The maximum atomic E-state index is 14.8. The van der Waals surface area contributed by atoms with Crippen molar-refractivity contribution in [2.24, 2.45) is 0 Å². The lowest BCUT2D eigenvalue weighted by molar-refractivity contribution is -0.111. The monoisotopic (exact) mass is 432 g/mol. The molecule has 3 aromatic heterocycles. The second-order valence-corrected chi connectivity index (χ2v) is 6.54. The van der Waals surface area contributed by atoms with Crippen molar-refractivity contribution in [1.29, 1.82) is 0 Å². The smallest absolute Gasteiger partial charge is 0.322 e. The van der Waals surface area contributed by atoms with Gasteiger partial charge in [-0.1, -0.05) is 12.6 Å². The molecule has 0 spiro atoms. The Labute approximate surface area is 181 Å². The number of aromatic nitrogens is 6. The third-order valence-corrected chi connectivity index (χ3v) is 4.31. The van der Waals surface area contributed by atoms with Crippen molar-refractivity contribution in [3.05, 3.63) is 73.5 Å². The number of nitrogen functional groups attached to an aromatic ring is 1. The van der Waals surface area contributed by atoms with Crippen LogP contribution in [0.4, 0.5) is 16.0 Å². The molecule has 0 aliphatic carbocycles. The van der Waals surface area contributed by atoms with Crippen molar-refractivity contribution in [2.75, 3.05) is 11.1 Å². The van der Waals surface area contributed by atoms with E-state index in [0.717, 1.165) is 6.08 Å². The first-order valence-corrected chi connectivity index (χ1v) is 9.30. The van der Waals surface area contributed by atoms with E-state index in [2.05, 4.69) is 36.8 Å². The van der Waals surface area contributed by atoms with Crippen molar-refractivity contribution >= 4 is 17.5 Å². The van der Waals surface area contributed by atoms with Crippen molar-refractivity contribution in [2.45, 2.75) is 6.92 Å². The third-order valence-electron chi connectivity index (χ3n) is 4.31. The van der Waals surface area contributed by atoms with Gasteiger partial charge in [0, 0.05) is 11.9 Å². The van der Waals surface area contributed by atoms with Crippen molar-refractivity contribution in [3.8, 4) is 28.7 Å². The molecule has 0 bridgehead atoms. The van der Waals surface area contributed by atoms with Crippen LogP contribution < -0.4 is 15.8 Å². The van der Waals surface area contributed by atoms with Crippen LogP contribution >= 0.6 is 0 Å². The van der Waals surface area contributed by atoms with E-state index in [0.29, 0.717) is 22.6 Å². The van der Waals surface area contributed by atoms with Gasteiger partial charge in [-0.05, 0) is 36.8 Å². The summed E-state index contributed by atoms with van der Waals surface area (Å²) in [6.07, 6.45) is 6.90. The van der Waals surface area contributed by atoms with Gasteiger partial charge < -0.3 is 15.8 Å². The summed E-state index contributed by atoms with van der Waals surface area (Å²) in [5, 5.41) is 2.55. The number of nitrogens with two attached hydrogens (primary N) is 1. The predicted molar refractivity (Wildman–Crippen MR) is 115 cm³/mol. The number of nitrogens with one attached hydrogen (secondary N) is 1. The van der Waals surface area contributed by atoms with Crippen LogP contribution in [0.2, 0.25) is 0 Å². The summed E-state index contributed by atoms with van der Waals surface area (Å²) in [7, 11) is 0. The quantitative estimate of drug-likeness (QED) is 0.444. The number of imidazole rings is 1. The molecule has 10 nitrogen and oxygen atoms in total. The Kier molecular flexibility index (Phi) is 5.53. The van der Waals surface area contributed by atoms with Crippen LogP contribution in [0.1, 0.15) is 5.69 Å². The van der Waals surface area contributed by atoms with Crippen LogP contribution in [0.25, 0.3) is 16.9 Å². The number of rotatable bonds is 6. The first kappa shape index (κ1) is 20.6. The highest BCUT2D eigenvalue weighted by Crippen LogP contribution is 2.33. The fraction of sp³-hybridized carbons (Fsp3) is 0.0476. The molecule has 160 valence electrons. The van der Waals surface area contributed by atoms with Gasteiger partial charge in [0.25, 0.3) is 0 Å². The van der Waals surface area contributed by atoms with Gasteiger partial charge in [-0.25, -0.2) is 29.3 Å². The lowest BCUT2D eigenvalue weighted by atomic mass is 10.1. The number of carbonyl (C=O) groups is 1. The zero-order valence-corrected chi connectivity index (χ0v) is 16.9. The fourth-order valence-electron chi connectivity index (χ4n) is 2.86. The molecule has 0 aliphatic rings. The van der Waals surface area contributed by atoms with Gasteiger partial charge in [-0.2, -0.15) is 0 Å². The van der Waals surface area contributed by atoms with Crippen LogP contribution in [0.5, 0.6) is 11.8 Å². The molecule has 0 unspecified atom stereocenters. The zero-order valence-electron chi connectivity index (χ0n) is 16.9. The molecule has 0 atom stereocenters. The Morgan fingerprint density at radius 2 is 2.09 bits per heavy atom. The molecule has 3 heterocycles. The number of hydrogen-bond donors (Lipinski definition) is 2. The molecule has 0 aliphatic heterocycles. The fourth-order valence-corrected chi connectivity index (χ4v) is 2.86. The molecule has 0 saturated heterocycles. The molecule has 11 heteroatoms. The molecule has 1 amide bonds. The topological polar surface area (TPSA) is 134 Å². The van der Waals surface area contributed by atoms with Crippen molar-refractivity contribution < 1.29 is 13.9 Å². The Morgan fingerprint density at radius 3 is 2.84 bits per heavy atom. The SMILES string of the molecule is C=CC(=O)Nc1cn(-c2ncnc(N)c2-c2ccc(Oc3nccc(C)n3)c(F)c2)cn1. The van der Waals surface area contributed by atoms with Gasteiger partial charge in [0.1, 0.15) is 18.5 Å². The highest BCUT2D eigenvalue weighted by Gasteiger charge is 2.17. The van der Waals surface area contributed by atoms with E-state index >= 15 is 0 Å². The second-order valence-electron chi connectivity index (χ2n) is 6.54. The maximum Gasteiger partial charge on any atom is 0.322 e. The lowest BCUT2D eigenvalue weighted by Gasteiger charge is -2.12. The van der Waals surface area contributed by atoms with Crippen LogP contribution in [0.3, 0.4) is 0 Å². The normalized spacial score (nSPS) is 10.6. The van der Waals surface area contributed by atoms with Gasteiger partial charge in [-0.15, -0.1) is 0 Å². The standard InChI is InChI=1S/C21H17FN8O2/c1-3-17(31)29-16-9-30(11-27-16)20-18(19(23)25-10-26-20)13-4-5-15(14(22)8-13)32-21-24-7-6-12(2)28-21/h3-11H,1H2,2H3,(H,29,31)(H2,23,25,26). The van der Waals surface area contributed by atoms with E-state index in [1.165, 1.54) is 41.7 Å². The zero-order chi connectivity index (χ0) is 22.7. The molecule has 0 radical (unpaired) electrons. The average Bonchev–Trinajstić information content (AvgIpc) is 3.23. The molecule has 3 N–H and O–H groups in total. The Morgan fingerprint density at radius 1 is 1.25 bits per heavy atom. The average molecular weight is 432 g/mol. The molecule has 0 fully saturated rings. The predicted octanol–water partition coefficient (Wildman–Crippen LogP) is 3.07. The summed E-state index contributed by atoms with van der Waals surface area (Å²) in [6.45, 7) is 5.17. The molecule has 1 aromatic carbocycles. The summed E-state index contributed by atoms with van der Waals surface area (Å²) in [4.78, 5) is 31.9.